The zero-order valence-electron chi connectivity index (χ0n) is 19.0. The molecule has 3 aromatic rings. The second-order valence-corrected chi connectivity index (χ2v) is 9.45. The van der Waals surface area contributed by atoms with Gasteiger partial charge < -0.3 is 20.2 Å². The van der Waals surface area contributed by atoms with Gasteiger partial charge in [0.25, 0.3) is 0 Å². The maximum Gasteiger partial charge on any atom is 0.328 e. The van der Waals surface area contributed by atoms with E-state index in [-0.39, 0.29) is 5.69 Å². The number of nitrogens with zero attached hydrogens (tertiary/aromatic N) is 6. The summed E-state index contributed by atoms with van der Waals surface area (Å²) in [6.45, 7) is 7.58. The number of piperazine rings is 1. The molecule has 32 heavy (non-hydrogen) atoms. The smallest absolute Gasteiger partial charge is 0.328 e. The molecule has 0 spiro atoms. The molecule has 4 rings (SSSR count). The zero-order valence-corrected chi connectivity index (χ0v) is 19.7. The molecule has 0 unspecified atom stereocenters. The quantitative estimate of drug-likeness (QED) is 0.585. The highest BCUT2D eigenvalue weighted by atomic mass is 35.5. The molecule has 3 heterocycles. The van der Waals surface area contributed by atoms with Crippen molar-refractivity contribution in [2.45, 2.75) is 32.4 Å². The molecule has 1 aliphatic heterocycles. The number of hydrogen-bond acceptors (Lipinski definition) is 7. The first-order valence-corrected chi connectivity index (χ1v) is 11.1. The van der Waals surface area contributed by atoms with Crippen molar-refractivity contribution in [2.75, 3.05) is 43.4 Å². The summed E-state index contributed by atoms with van der Waals surface area (Å²) in [6.07, 6.45) is 2.10. The summed E-state index contributed by atoms with van der Waals surface area (Å²) >= 11 is 6.37. The van der Waals surface area contributed by atoms with E-state index in [2.05, 4.69) is 32.1 Å². The van der Waals surface area contributed by atoms with E-state index in [1.165, 1.54) is 0 Å². The van der Waals surface area contributed by atoms with Gasteiger partial charge in [0.2, 0.25) is 5.95 Å². The third-order valence-corrected chi connectivity index (χ3v) is 6.15. The molecule has 1 fully saturated rings. The number of likely N-dealkylation sites (N-methyl/N-ethyl adjacent to an activating group) is 1. The summed E-state index contributed by atoms with van der Waals surface area (Å²) in [6, 6.07) is 5.71. The molecule has 172 valence electrons. The van der Waals surface area contributed by atoms with Crippen LogP contribution >= 0.6 is 11.6 Å². The molecule has 0 radical (unpaired) electrons. The van der Waals surface area contributed by atoms with Gasteiger partial charge in [-0.05, 0) is 45.5 Å². The SMILES string of the molecule is CN1CCN(c2ncc(Cl)c(Nc3ccc4c(c3)n(C)c(=O)n4CCC(C)(C)O)n2)CC1. The van der Waals surface area contributed by atoms with E-state index in [1.807, 2.05) is 18.2 Å². The van der Waals surface area contributed by atoms with Gasteiger partial charge in [0.05, 0.1) is 22.8 Å². The third kappa shape index (κ3) is 4.74. The number of aromatic nitrogens is 4. The van der Waals surface area contributed by atoms with E-state index in [4.69, 9.17) is 11.6 Å². The number of hydrogen-bond donors (Lipinski definition) is 2. The zero-order chi connectivity index (χ0) is 23.0. The van der Waals surface area contributed by atoms with Gasteiger partial charge in [-0.1, -0.05) is 11.6 Å². The van der Waals surface area contributed by atoms with Crippen LogP contribution in [0.3, 0.4) is 0 Å². The Hall–Kier alpha value is -2.62. The Morgan fingerprint density at radius 2 is 1.88 bits per heavy atom. The van der Waals surface area contributed by atoms with E-state index in [9.17, 15) is 9.90 Å². The molecule has 0 aliphatic carbocycles. The van der Waals surface area contributed by atoms with Gasteiger partial charge in [-0.3, -0.25) is 9.13 Å². The minimum atomic E-state index is -0.839. The number of rotatable bonds is 6. The van der Waals surface area contributed by atoms with Gasteiger partial charge >= 0.3 is 5.69 Å². The molecule has 0 atom stereocenters. The lowest BCUT2D eigenvalue weighted by atomic mass is 10.1. The Balaban J connectivity index is 1.60. The van der Waals surface area contributed by atoms with Gasteiger partial charge in [0.1, 0.15) is 5.02 Å². The highest BCUT2D eigenvalue weighted by Crippen LogP contribution is 2.27. The van der Waals surface area contributed by atoms with Crippen molar-refractivity contribution in [1.29, 1.82) is 0 Å². The van der Waals surface area contributed by atoms with Crippen molar-refractivity contribution in [3.05, 3.63) is 39.9 Å². The van der Waals surface area contributed by atoms with Crippen molar-refractivity contribution in [3.8, 4) is 0 Å². The molecule has 1 saturated heterocycles. The Labute approximate surface area is 192 Å². The number of benzene rings is 1. The second-order valence-electron chi connectivity index (χ2n) is 9.04. The first-order valence-electron chi connectivity index (χ1n) is 10.8. The van der Waals surface area contributed by atoms with Crippen LogP contribution in [0.25, 0.3) is 11.0 Å². The lowest BCUT2D eigenvalue weighted by Gasteiger charge is -2.32. The fourth-order valence-electron chi connectivity index (χ4n) is 3.83. The second kappa shape index (κ2) is 8.73. The number of halogens is 1. The summed E-state index contributed by atoms with van der Waals surface area (Å²) in [4.78, 5) is 26.2. The van der Waals surface area contributed by atoms with Crippen molar-refractivity contribution >= 4 is 40.1 Å². The van der Waals surface area contributed by atoms with Gasteiger partial charge in [0, 0.05) is 45.5 Å². The van der Waals surface area contributed by atoms with Gasteiger partial charge in [-0.25, -0.2) is 9.78 Å². The summed E-state index contributed by atoms with van der Waals surface area (Å²) in [5.41, 5.74) is 1.44. The van der Waals surface area contributed by atoms with Crippen LogP contribution in [0.4, 0.5) is 17.5 Å². The summed E-state index contributed by atoms with van der Waals surface area (Å²) in [5.74, 6) is 1.18. The Bertz CT molecular complexity index is 1170. The van der Waals surface area contributed by atoms with Gasteiger partial charge in [-0.15, -0.1) is 0 Å². The third-order valence-electron chi connectivity index (χ3n) is 5.87. The predicted molar refractivity (Wildman–Crippen MR) is 128 cm³/mol. The first-order chi connectivity index (χ1) is 15.1. The normalized spacial score (nSPS) is 15.5. The average molecular weight is 460 g/mol. The van der Waals surface area contributed by atoms with Crippen LogP contribution in [0.5, 0.6) is 0 Å². The summed E-state index contributed by atoms with van der Waals surface area (Å²) < 4.78 is 3.31. The van der Waals surface area contributed by atoms with Crippen LogP contribution in [-0.4, -0.2) is 67.9 Å². The van der Waals surface area contributed by atoms with Gasteiger partial charge in [0.15, 0.2) is 5.82 Å². The molecule has 9 nitrogen and oxygen atoms in total. The van der Waals surface area contributed by atoms with Crippen LogP contribution in [-0.2, 0) is 13.6 Å². The number of aryl methyl sites for hydroxylation is 2. The molecule has 2 N–H and O–H groups in total. The van der Waals surface area contributed by atoms with E-state index < -0.39 is 5.60 Å². The number of imidazole rings is 1. The predicted octanol–water partition coefficient (Wildman–Crippen LogP) is 2.44. The highest BCUT2D eigenvalue weighted by molar-refractivity contribution is 6.32. The van der Waals surface area contributed by atoms with E-state index in [1.54, 1.807) is 36.2 Å². The van der Waals surface area contributed by atoms with Crippen LogP contribution < -0.4 is 15.9 Å². The number of aliphatic hydroxyl groups is 1. The van der Waals surface area contributed by atoms with Crippen molar-refractivity contribution < 1.29 is 5.11 Å². The maximum atomic E-state index is 12.7. The lowest BCUT2D eigenvalue weighted by Crippen LogP contribution is -2.45. The van der Waals surface area contributed by atoms with E-state index >= 15 is 0 Å². The largest absolute Gasteiger partial charge is 0.390 e. The fourth-order valence-corrected chi connectivity index (χ4v) is 3.97. The molecule has 1 aromatic carbocycles. The molecule has 0 amide bonds. The maximum absolute atomic E-state index is 12.7. The van der Waals surface area contributed by atoms with Crippen molar-refractivity contribution in [3.63, 3.8) is 0 Å². The molecule has 2 aromatic heterocycles. The minimum Gasteiger partial charge on any atom is -0.390 e. The Kier molecular flexibility index (Phi) is 6.15. The van der Waals surface area contributed by atoms with Crippen molar-refractivity contribution in [2.24, 2.45) is 7.05 Å². The molecule has 1 aliphatic rings. The molecular formula is C22H30ClN7O2. The molecule has 0 bridgehead atoms. The lowest BCUT2D eigenvalue weighted by molar-refractivity contribution is 0.0662. The molecular weight excluding hydrogens is 430 g/mol. The average Bonchev–Trinajstić information content (AvgIpc) is 2.98. The molecule has 0 saturated carbocycles. The van der Waals surface area contributed by atoms with Crippen LogP contribution in [0.2, 0.25) is 5.02 Å². The summed E-state index contributed by atoms with van der Waals surface area (Å²) in [7, 11) is 3.85. The fraction of sp³-hybridized carbons (Fsp3) is 0.500. The van der Waals surface area contributed by atoms with E-state index in [0.717, 1.165) is 42.9 Å². The van der Waals surface area contributed by atoms with Gasteiger partial charge in [-0.2, -0.15) is 4.98 Å². The van der Waals surface area contributed by atoms with E-state index in [0.29, 0.717) is 29.8 Å². The standard InChI is InChI=1S/C22H30ClN7O2/c1-22(2,32)7-8-30-17-6-5-15(13-18(17)28(4)21(30)31)25-19-16(23)14-24-20(26-19)29-11-9-27(3)10-12-29/h5-6,13-14,32H,7-12H2,1-4H3,(H,24,25,26). The minimum absolute atomic E-state index is 0.112. The molecule has 10 heteroatoms. The first kappa shape index (κ1) is 22.6. The summed E-state index contributed by atoms with van der Waals surface area (Å²) in [5, 5.41) is 13.8. The number of nitrogens with one attached hydrogen (secondary N) is 1. The number of anilines is 3. The highest BCUT2D eigenvalue weighted by Gasteiger charge is 2.19. The number of fused-ring (bicyclic) bond motifs is 1. The van der Waals surface area contributed by atoms with Crippen molar-refractivity contribution in [1.82, 2.24) is 24.0 Å². The van der Waals surface area contributed by atoms with Crippen LogP contribution in [0.15, 0.2) is 29.2 Å². The topological polar surface area (TPSA) is 91.5 Å². The van der Waals surface area contributed by atoms with Crippen LogP contribution in [0, 0.1) is 0 Å². The van der Waals surface area contributed by atoms with Crippen LogP contribution in [0.1, 0.15) is 20.3 Å². The Morgan fingerprint density at radius 1 is 1.16 bits per heavy atom. The Morgan fingerprint density at radius 3 is 2.56 bits per heavy atom. The monoisotopic (exact) mass is 459 g/mol.